The van der Waals surface area contributed by atoms with Crippen molar-refractivity contribution in [1.29, 1.82) is 0 Å². The van der Waals surface area contributed by atoms with Gasteiger partial charge in [0.2, 0.25) is 0 Å². The van der Waals surface area contributed by atoms with Gasteiger partial charge in [-0.3, -0.25) is 14.7 Å². The number of fused-ring (bicyclic) bond motifs is 1. The maximum absolute atomic E-state index is 13.0. The molecule has 2 aromatic heterocycles. The van der Waals surface area contributed by atoms with Crippen LogP contribution in [0.1, 0.15) is 16.8 Å². The Morgan fingerprint density at radius 3 is 2.68 bits per heavy atom. The van der Waals surface area contributed by atoms with Crippen LogP contribution in [0, 0.1) is 6.92 Å². The SMILES string of the molecule is Cc1ccc2nc(N(Cc3ccccn3)C(=O)/C=C/c3ccccc3)sc2c1. The molecule has 0 saturated heterocycles. The molecule has 0 spiro atoms. The number of thiazole rings is 1. The van der Waals surface area contributed by atoms with Crippen LogP contribution >= 0.6 is 11.3 Å². The van der Waals surface area contributed by atoms with Crippen LogP contribution in [-0.4, -0.2) is 15.9 Å². The molecular weight excluding hydrogens is 366 g/mol. The first kappa shape index (κ1) is 18.1. The van der Waals surface area contributed by atoms with Gasteiger partial charge in [-0.2, -0.15) is 0 Å². The molecule has 0 aliphatic heterocycles. The van der Waals surface area contributed by atoms with Crippen LogP contribution in [0.15, 0.2) is 79.0 Å². The second-order valence-electron chi connectivity index (χ2n) is 6.46. The maximum Gasteiger partial charge on any atom is 0.253 e. The van der Waals surface area contributed by atoms with E-state index in [9.17, 15) is 4.79 Å². The quantitative estimate of drug-likeness (QED) is 0.441. The van der Waals surface area contributed by atoms with E-state index in [0.29, 0.717) is 11.7 Å². The number of aryl methyl sites for hydroxylation is 1. The number of anilines is 1. The molecule has 28 heavy (non-hydrogen) atoms. The molecule has 4 rings (SSSR count). The maximum atomic E-state index is 13.0. The number of rotatable bonds is 5. The number of nitrogens with zero attached hydrogens (tertiary/aromatic N) is 3. The van der Waals surface area contributed by atoms with Crippen LogP contribution in [0.2, 0.25) is 0 Å². The second kappa shape index (κ2) is 8.15. The summed E-state index contributed by atoms with van der Waals surface area (Å²) in [7, 11) is 0. The standard InChI is InChI=1S/C23H19N3OS/c1-17-10-12-20-21(15-17)28-23(25-20)26(16-19-9-5-6-14-24-19)22(27)13-11-18-7-3-2-4-8-18/h2-15H,16H2,1H3/b13-11+. The summed E-state index contributed by atoms with van der Waals surface area (Å²) in [6.07, 6.45) is 5.15. The molecule has 0 aliphatic carbocycles. The monoisotopic (exact) mass is 385 g/mol. The van der Waals surface area contributed by atoms with Gasteiger partial charge < -0.3 is 0 Å². The number of aromatic nitrogens is 2. The molecule has 0 radical (unpaired) electrons. The highest BCUT2D eigenvalue weighted by Crippen LogP contribution is 2.30. The first-order chi connectivity index (χ1) is 13.7. The lowest BCUT2D eigenvalue weighted by Crippen LogP contribution is -2.29. The van der Waals surface area contributed by atoms with E-state index in [1.165, 1.54) is 16.9 Å². The number of hydrogen-bond acceptors (Lipinski definition) is 4. The summed E-state index contributed by atoms with van der Waals surface area (Å²) in [5.41, 5.74) is 3.87. The van der Waals surface area contributed by atoms with E-state index in [1.54, 1.807) is 17.2 Å². The molecule has 2 heterocycles. The first-order valence-corrected chi connectivity index (χ1v) is 9.82. The van der Waals surface area contributed by atoms with Gasteiger partial charge in [0.15, 0.2) is 5.13 Å². The molecule has 0 bridgehead atoms. The van der Waals surface area contributed by atoms with Gasteiger partial charge in [-0.25, -0.2) is 4.98 Å². The van der Waals surface area contributed by atoms with Gasteiger partial charge in [0, 0.05) is 12.3 Å². The molecule has 0 saturated carbocycles. The van der Waals surface area contributed by atoms with Crippen molar-refractivity contribution >= 4 is 38.7 Å². The third-order valence-electron chi connectivity index (χ3n) is 4.29. The molecule has 0 aliphatic rings. The van der Waals surface area contributed by atoms with Gasteiger partial charge in [-0.15, -0.1) is 0 Å². The second-order valence-corrected chi connectivity index (χ2v) is 7.47. The highest BCUT2D eigenvalue weighted by atomic mass is 32.1. The van der Waals surface area contributed by atoms with E-state index in [4.69, 9.17) is 0 Å². The minimum absolute atomic E-state index is 0.120. The Balaban J connectivity index is 1.68. The molecule has 0 N–H and O–H groups in total. The van der Waals surface area contributed by atoms with Crippen molar-refractivity contribution in [3.8, 4) is 0 Å². The zero-order valence-corrected chi connectivity index (χ0v) is 16.3. The lowest BCUT2D eigenvalue weighted by atomic mass is 10.2. The average Bonchev–Trinajstić information content (AvgIpc) is 3.14. The minimum atomic E-state index is -0.120. The Kier molecular flexibility index (Phi) is 5.26. The number of benzene rings is 2. The molecule has 4 nitrogen and oxygen atoms in total. The lowest BCUT2D eigenvalue weighted by molar-refractivity contribution is -0.114. The predicted molar refractivity (Wildman–Crippen MR) is 115 cm³/mol. The molecular formula is C23H19N3OS. The lowest BCUT2D eigenvalue weighted by Gasteiger charge is -2.17. The molecule has 138 valence electrons. The zero-order valence-electron chi connectivity index (χ0n) is 15.4. The predicted octanol–water partition coefficient (Wildman–Crippen LogP) is 5.25. The van der Waals surface area contributed by atoms with E-state index in [1.807, 2.05) is 66.7 Å². The largest absolute Gasteiger partial charge is 0.278 e. The average molecular weight is 385 g/mol. The van der Waals surface area contributed by atoms with E-state index < -0.39 is 0 Å². The van der Waals surface area contributed by atoms with E-state index >= 15 is 0 Å². The highest BCUT2D eigenvalue weighted by Gasteiger charge is 2.19. The van der Waals surface area contributed by atoms with Gasteiger partial charge in [-0.05, 0) is 48.4 Å². The van der Waals surface area contributed by atoms with Gasteiger partial charge in [0.1, 0.15) is 0 Å². The van der Waals surface area contributed by atoms with E-state index in [2.05, 4.69) is 23.0 Å². The fraction of sp³-hybridized carbons (Fsp3) is 0.0870. The molecule has 0 fully saturated rings. The molecule has 5 heteroatoms. The number of pyridine rings is 1. The van der Waals surface area contributed by atoms with Crippen LogP contribution < -0.4 is 4.90 Å². The normalized spacial score (nSPS) is 11.2. The fourth-order valence-corrected chi connectivity index (χ4v) is 3.92. The van der Waals surface area contributed by atoms with Crippen molar-refractivity contribution in [2.75, 3.05) is 4.90 Å². The molecule has 0 unspecified atom stereocenters. The molecule has 2 aromatic carbocycles. The summed E-state index contributed by atoms with van der Waals surface area (Å²) in [4.78, 5) is 23.8. The van der Waals surface area contributed by atoms with Gasteiger partial charge in [0.05, 0.1) is 22.5 Å². The Labute approximate surface area is 167 Å². The fourth-order valence-electron chi connectivity index (χ4n) is 2.85. The number of carbonyl (C=O) groups is 1. The van der Waals surface area contributed by atoms with Crippen LogP contribution in [0.5, 0.6) is 0 Å². The van der Waals surface area contributed by atoms with Crippen molar-refractivity contribution in [3.63, 3.8) is 0 Å². The topological polar surface area (TPSA) is 46.1 Å². The summed E-state index contributed by atoms with van der Waals surface area (Å²) in [5, 5.41) is 0.675. The molecule has 1 amide bonds. The summed E-state index contributed by atoms with van der Waals surface area (Å²) >= 11 is 1.52. The minimum Gasteiger partial charge on any atom is -0.278 e. The number of amides is 1. The molecule has 0 atom stereocenters. The first-order valence-electron chi connectivity index (χ1n) is 9.01. The Morgan fingerprint density at radius 2 is 1.89 bits per heavy atom. The van der Waals surface area contributed by atoms with Crippen LogP contribution in [0.3, 0.4) is 0 Å². The smallest absolute Gasteiger partial charge is 0.253 e. The molecule has 4 aromatic rings. The van der Waals surface area contributed by atoms with Crippen LogP contribution in [-0.2, 0) is 11.3 Å². The summed E-state index contributed by atoms with van der Waals surface area (Å²) in [6.45, 7) is 2.43. The Morgan fingerprint density at radius 1 is 1.07 bits per heavy atom. The number of hydrogen-bond donors (Lipinski definition) is 0. The van der Waals surface area contributed by atoms with Gasteiger partial charge in [-0.1, -0.05) is 53.8 Å². The summed E-state index contributed by atoms with van der Waals surface area (Å²) in [6, 6.07) is 21.6. The van der Waals surface area contributed by atoms with Crippen molar-refractivity contribution < 1.29 is 4.79 Å². The third-order valence-corrected chi connectivity index (χ3v) is 5.33. The van der Waals surface area contributed by atoms with Crippen molar-refractivity contribution in [2.24, 2.45) is 0 Å². The van der Waals surface area contributed by atoms with E-state index in [-0.39, 0.29) is 5.91 Å². The summed E-state index contributed by atoms with van der Waals surface area (Å²) in [5.74, 6) is -0.120. The highest BCUT2D eigenvalue weighted by molar-refractivity contribution is 7.22. The van der Waals surface area contributed by atoms with Crippen LogP contribution in [0.25, 0.3) is 16.3 Å². The van der Waals surface area contributed by atoms with Gasteiger partial charge in [0.25, 0.3) is 5.91 Å². The Bertz CT molecular complexity index is 1120. The zero-order chi connectivity index (χ0) is 19.3. The van der Waals surface area contributed by atoms with Crippen molar-refractivity contribution in [2.45, 2.75) is 13.5 Å². The Hall–Kier alpha value is -3.31. The van der Waals surface area contributed by atoms with Crippen molar-refractivity contribution in [3.05, 3.63) is 95.8 Å². The van der Waals surface area contributed by atoms with Crippen LogP contribution in [0.4, 0.5) is 5.13 Å². The third kappa shape index (κ3) is 4.15. The van der Waals surface area contributed by atoms with Gasteiger partial charge >= 0.3 is 0 Å². The summed E-state index contributed by atoms with van der Waals surface area (Å²) < 4.78 is 1.07. The number of carbonyl (C=O) groups excluding carboxylic acids is 1. The van der Waals surface area contributed by atoms with E-state index in [0.717, 1.165) is 21.5 Å². The van der Waals surface area contributed by atoms with Crippen molar-refractivity contribution in [1.82, 2.24) is 9.97 Å².